The molecule has 0 N–H and O–H groups in total. The monoisotopic (exact) mass is 547 g/mol. The number of aryl methyl sites for hydroxylation is 1. The molecule has 6 rings (SSSR count). The molecular formula is C27H23BrFN5O2. The summed E-state index contributed by atoms with van der Waals surface area (Å²) < 4.78 is 31.3. The van der Waals surface area contributed by atoms with Gasteiger partial charge in [-0.25, -0.2) is 19.0 Å². The Morgan fingerprint density at radius 2 is 1.94 bits per heavy atom. The van der Waals surface area contributed by atoms with E-state index in [2.05, 4.69) is 30.6 Å². The topological polar surface area (TPSA) is 67.0 Å². The van der Waals surface area contributed by atoms with Crippen molar-refractivity contribution in [2.45, 2.75) is 25.9 Å². The Morgan fingerprint density at radius 3 is 2.75 bits per heavy atom. The standard InChI is InChI=1S/C27H23BrFN5O2/c1-35-20-7-4-17(5-8-20)15-33-16-30-26(32-33)21-9-6-18(12-22(21)29)27-31-23-13-19(28)14-24-25(23)34(27)10-2-3-11-36-24/h4-9,12-14,16H,2-3,10-11,15H2,1H3. The van der Waals surface area contributed by atoms with Crippen LogP contribution in [0.15, 0.2) is 65.4 Å². The van der Waals surface area contributed by atoms with E-state index in [-0.39, 0.29) is 0 Å². The third kappa shape index (κ3) is 4.24. The lowest BCUT2D eigenvalue weighted by atomic mass is 10.1. The lowest BCUT2D eigenvalue weighted by Gasteiger charge is -2.16. The van der Waals surface area contributed by atoms with Gasteiger partial charge in [0.2, 0.25) is 0 Å². The smallest absolute Gasteiger partial charge is 0.184 e. The molecule has 5 aromatic rings. The molecule has 0 aliphatic carbocycles. The molecular weight excluding hydrogens is 525 g/mol. The fourth-order valence-electron chi connectivity index (χ4n) is 4.55. The summed E-state index contributed by atoms with van der Waals surface area (Å²) >= 11 is 3.55. The highest BCUT2D eigenvalue weighted by Crippen LogP contribution is 2.36. The first-order valence-corrected chi connectivity index (χ1v) is 12.5. The normalized spacial score (nSPS) is 13.3. The van der Waals surface area contributed by atoms with Gasteiger partial charge in [-0.2, -0.15) is 5.10 Å². The molecule has 9 heteroatoms. The third-order valence-corrected chi connectivity index (χ3v) is 6.77. The average molecular weight is 548 g/mol. The Bertz CT molecular complexity index is 1560. The minimum absolute atomic E-state index is 0.343. The lowest BCUT2D eigenvalue weighted by Crippen LogP contribution is -2.09. The molecule has 0 bridgehead atoms. The Balaban J connectivity index is 1.32. The van der Waals surface area contributed by atoms with Gasteiger partial charge < -0.3 is 14.0 Å². The largest absolute Gasteiger partial charge is 0.497 e. The summed E-state index contributed by atoms with van der Waals surface area (Å²) in [5.74, 6) is 2.26. The average Bonchev–Trinajstić information content (AvgIpc) is 3.47. The predicted molar refractivity (Wildman–Crippen MR) is 139 cm³/mol. The maximum atomic E-state index is 15.4. The molecule has 0 spiro atoms. The van der Waals surface area contributed by atoms with Crippen molar-refractivity contribution in [2.75, 3.05) is 13.7 Å². The Kier molecular flexibility index (Phi) is 5.92. The molecule has 182 valence electrons. The first kappa shape index (κ1) is 22.7. The van der Waals surface area contributed by atoms with E-state index in [1.54, 1.807) is 24.2 Å². The highest BCUT2D eigenvalue weighted by molar-refractivity contribution is 9.10. The van der Waals surface area contributed by atoms with Crippen molar-refractivity contribution in [3.63, 3.8) is 0 Å². The van der Waals surface area contributed by atoms with Crippen LogP contribution in [0.2, 0.25) is 0 Å². The molecule has 0 unspecified atom stereocenters. The summed E-state index contributed by atoms with van der Waals surface area (Å²) in [6.07, 6.45) is 3.53. The van der Waals surface area contributed by atoms with Crippen LogP contribution >= 0.6 is 15.9 Å². The van der Waals surface area contributed by atoms with Crippen molar-refractivity contribution in [2.24, 2.45) is 0 Å². The van der Waals surface area contributed by atoms with Crippen LogP contribution in [0.4, 0.5) is 4.39 Å². The van der Waals surface area contributed by atoms with Gasteiger partial charge in [0, 0.05) is 16.6 Å². The Morgan fingerprint density at radius 1 is 1.08 bits per heavy atom. The second-order valence-corrected chi connectivity index (χ2v) is 9.64. The molecule has 0 saturated carbocycles. The summed E-state index contributed by atoms with van der Waals surface area (Å²) in [5, 5.41) is 4.50. The van der Waals surface area contributed by atoms with Crippen LogP contribution in [-0.2, 0) is 13.1 Å². The lowest BCUT2D eigenvalue weighted by molar-refractivity contribution is 0.299. The van der Waals surface area contributed by atoms with Gasteiger partial charge in [0.05, 0.1) is 31.3 Å². The molecule has 7 nitrogen and oxygen atoms in total. The molecule has 0 radical (unpaired) electrons. The fourth-order valence-corrected chi connectivity index (χ4v) is 4.97. The van der Waals surface area contributed by atoms with Crippen molar-refractivity contribution in [1.82, 2.24) is 24.3 Å². The van der Waals surface area contributed by atoms with Crippen molar-refractivity contribution in [3.8, 4) is 34.3 Å². The third-order valence-electron chi connectivity index (χ3n) is 6.31. The zero-order valence-electron chi connectivity index (χ0n) is 19.6. The van der Waals surface area contributed by atoms with E-state index < -0.39 is 5.82 Å². The number of halogens is 2. The molecule has 3 heterocycles. The highest BCUT2D eigenvalue weighted by Gasteiger charge is 2.20. The van der Waals surface area contributed by atoms with Gasteiger partial charge in [-0.1, -0.05) is 34.1 Å². The van der Waals surface area contributed by atoms with Crippen LogP contribution in [0.1, 0.15) is 18.4 Å². The van der Waals surface area contributed by atoms with Crippen LogP contribution in [-0.4, -0.2) is 38.0 Å². The van der Waals surface area contributed by atoms with Gasteiger partial charge in [0.25, 0.3) is 0 Å². The number of ether oxygens (including phenoxy) is 2. The minimum atomic E-state index is -0.391. The molecule has 3 aromatic carbocycles. The van der Waals surface area contributed by atoms with E-state index in [1.165, 1.54) is 6.07 Å². The second-order valence-electron chi connectivity index (χ2n) is 8.72. The van der Waals surface area contributed by atoms with Gasteiger partial charge >= 0.3 is 0 Å². The van der Waals surface area contributed by atoms with E-state index in [4.69, 9.17) is 14.5 Å². The maximum Gasteiger partial charge on any atom is 0.184 e. The van der Waals surface area contributed by atoms with Crippen LogP contribution in [0.25, 0.3) is 33.8 Å². The van der Waals surface area contributed by atoms with Crippen molar-refractivity contribution in [3.05, 3.63) is 76.8 Å². The SMILES string of the molecule is COc1ccc(Cn2cnc(-c3ccc(-c4nc5cc(Br)cc6c5n4CCCCO6)cc3F)n2)cc1. The predicted octanol–water partition coefficient (Wildman–Crippen LogP) is 6.09. The first-order chi connectivity index (χ1) is 17.6. The van der Waals surface area contributed by atoms with E-state index in [9.17, 15) is 0 Å². The summed E-state index contributed by atoms with van der Waals surface area (Å²) in [7, 11) is 1.64. The van der Waals surface area contributed by atoms with E-state index >= 15 is 4.39 Å². The van der Waals surface area contributed by atoms with Crippen molar-refractivity contribution >= 4 is 27.0 Å². The molecule has 36 heavy (non-hydrogen) atoms. The summed E-state index contributed by atoms with van der Waals surface area (Å²) in [6, 6.07) is 16.8. The van der Waals surface area contributed by atoms with Crippen molar-refractivity contribution in [1.29, 1.82) is 0 Å². The molecule has 0 atom stereocenters. The van der Waals surface area contributed by atoms with E-state index in [0.717, 1.165) is 57.8 Å². The molecule has 0 saturated heterocycles. The summed E-state index contributed by atoms with van der Waals surface area (Å²) in [4.78, 5) is 9.19. The molecule has 0 fully saturated rings. The quantitative estimate of drug-likeness (QED) is 0.266. The first-order valence-electron chi connectivity index (χ1n) is 11.7. The van der Waals surface area contributed by atoms with Crippen LogP contribution in [0, 0.1) is 5.82 Å². The number of rotatable bonds is 5. The second kappa shape index (κ2) is 9.39. The van der Waals surface area contributed by atoms with E-state index in [1.807, 2.05) is 42.5 Å². The molecule has 0 amide bonds. The van der Waals surface area contributed by atoms with E-state index in [0.29, 0.717) is 30.1 Å². The zero-order chi connectivity index (χ0) is 24.6. The minimum Gasteiger partial charge on any atom is -0.497 e. The van der Waals surface area contributed by atoms with Crippen LogP contribution in [0.3, 0.4) is 0 Å². The molecule has 2 aromatic heterocycles. The van der Waals surface area contributed by atoms with Gasteiger partial charge in [0.1, 0.15) is 35.0 Å². The Hall–Kier alpha value is -3.72. The number of imidazole rings is 1. The number of benzene rings is 3. The Labute approximate surface area is 215 Å². The summed E-state index contributed by atoms with van der Waals surface area (Å²) in [6.45, 7) is 2.00. The fraction of sp³-hybridized carbons (Fsp3) is 0.222. The zero-order valence-corrected chi connectivity index (χ0v) is 21.2. The highest BCUT2D eigenvalue weighted by atomic mass is 79.9. The maximum absolute atomic E-state index is 15.4. The van der Waals surface area contributed by atoms with Crippen LogP contribution in [0.5, 0.6) is 11.5 Å². The number of methoxy groups -OCH3 is 1. The van der Waals surface area contributed by atoms with Gasteiger partial charge in [-0.3, -0.25) is 0 Å². The molecule has 1 aliphatic rings. The summed E-state index contributed by atoms with van der Waals surface area (Å²) in [5.41, 5.74) is 3.86. The van der Waals surface area contributed by atoms with Crippen molar-refractivity contribution < 1.29 is 13.9 Å². The molecule has 1 aliphatic heterocycles. The van der Waals surface area contributed by atoms with Gasteiger partial charge in [0.15, 0.2) is 5.82 Å². The van der Waals surface area contributed by atoms with Gasteiger partial charge in [-0.05, 0) is 54.8 Å². The number of nitrogens with zero attached hydrogens (tertiary/aromatic N) is 5. The number of aromatic nitrogens is 5. The van der Waals surface area contributed by atoms with Crippen LogP contribution < -0.4 is 9.47 Å². The van der Waals surface area contributed by atoms with Gasteiger partial charge in [-0.15, -0.1) is 0 Å². The number of hydrogen-bond donors (Lipinski definition) is 0. The number of hydrogen-bond acceptors (Lipinski definition) is 5.